The van der Waals surface area contributed by atoms with Gasteiger partial charge in [0.05, 0.1) is 19.3 Å². The molecule has 0 unspecified atom stereocenters. The zero-order valence-corrected chi connectivity index (χ0v) is 8.03. The molecule has 0 aliphatic heterocycles. The van der Waals surface area contributed by atoms with Crippen LogP contribution in [-0.2, 0) is 4.74 Å². The fourth-order valence-electron chi connectivity index (χ4n) is 0.391. The monoisotopic (exact) mass is 180 g/mol. The van der Waals surface area contributed by atoms with Gasteiger partial charge >= 0.3 is 0 Å². The third-order valence-electron chi connectivity index (χ3n) is 0.921. The lowest BCUT2D eigenvalue weighted by molar-refractivity contribution is 0.0450. The molecule has 0 rings (SSSR count). The third-order valence-corrected chi connectivity index (χ3v) is 0.921. The Morgan fingerprint density at radius 3 is 1.58 bits per heavy atom. The predicted octanol–water partition coefficient (Wildman–Crippen LogP) is -0.237. The molecule has 0 saturated carbocycles. The van der Waals surface area contributed by atoms with E-state index in [-0.39, 0.29) is 13.2 Å². The number of aliphatic hydroxyl groups is 3. The van der Waals surface area contributed by atoms with Crippen LogP contribution in [-0.4, -0.2) is 47.3 Å². The zero-order valence-electron chi connectivity index (χ0n) is 8.03. The maximum Gasteiger partial charge on any atom is 0.100 e. The largest absolute Gasteiger partial charge is 0.394 e. The maximum absolute atomic E-state index is 8.17. The summed E-state index contributed by atoms with van der Waals surface area (Å²) < 4.78 is 5.04. The first-order chi connectivity index (χ1) is 5.58. The SMILES string of the molecule is CCOC(C)C.OCC(O)CO. The van der Waals surface area contributed by atoms with Crippen molar-refractivity contribution in [1.82, 2.24) is 0 Å². The molecule has 0 aliphatic carbocycles. The third kappa shape index (κ3) is 16.4. The van der Waals surface area contributed by atoms with Crippen molar-refractivity contribution in [2.24, 2.45) is 0 Å². The summed E-state index contributed by atoms with van der Waals surface area (Å²) in [5.74, 6) is 0. The van der Waals surface area contributed by atoms with Crippen molar-refractivity contribution < 1.29 is 20.1 Å². The molecule has 0 heterocycles. The molecular formula is C8H20O4. The Hall–Kier alpha value is -0.160. The van der Waals surface area contributed by atoms with Crippen LogP contribution in [0.1, 0.15) is 20.8 Å². The molecule has 0 fully saturated rings. The molecular weight excluding hydrogens is 160 g/mol. The van der Waals surface area contributed by atoms with Gasteiger partial charge in [0.1, 0.15) is 6.10 Å². The van der Waals surface area contributed by atoms with Gasteiger partial charge in [-0.2, -0.15) is 0 Å². The first kappa shape index (κ1) is 14.4. The van der Waals surface area contributed by atoms with Gasteiger partial charge in [0.15, 0.2) is 0 Å². The van der Waals surface area contributed by atoms with E-state index in [0.717, 1.165) is 6.61 Å². The number of hydrogen-bond donors (Lipinski definition) is 3. The van der Waals surface area contributed by atoms with Gasteiger partial charge in [0.2, 0.25) is 0 Å². The Balaban J connectivity index is 0. The maximum atomic E-state index is 8.17. The van der Waals surface area contributed by atoms with Crippen LogP contribution in [0.2, 0.25) is 0 Å². The van der Waals surface area contributed by atoms with Crippen molar-refractivity contribution in [3.05, 3.63) is 0 Å². The molecule has 4 heteroatoms. The average molecular weight is 180 g/mol. The van der Waals surface area contributed by atoms with Gasteiger partial charge in [-0.15, -0.1) is 0 Å². The summed E-state index contributed by atoms with van der Waals surface area (Å²) in [6.07, 6.45) is -0.556. The summed E-state index contributed by atoms with van der Waals surface area (Å²) >= 11 is 0. The standard InChI is InChI=1S/C5H12O.C3H8O3/c1-4-6-5(2)3;4-1-3(6)2-5/h5H,4H2,1-3H3;3-6H,1-2H2. The quantitative estimate of drug-likeness (QED) is 0.558. The molecule has 0 spiro atoms. The van der Waals surface area contributed by atoms with E-state index in [1.54, 1.807) is 0 Å². The van der Waals surface area contributed by atoms with Crippen molar-refractivity contribution in [2.75, 3.05) is 19.8 Å². The van der Waals surface area contributed by atoms with Gasteiger partial charge in [0.25, 0.3) is 0 Å². The molecule has 4 nitrogen and oxygen atoms in total. The van der Waals surface area contributed by atoms with Gasteiger partial charge < -0.3 is 20.1 Å². The zero-order chi connectivity index (χ0) is 9.98. The first-order valence-electron chi connectivity index (χ1n) is 4.09. The highest BCUT2D eigenvalue weighted by Gasteiger charge is 1.93. The highest BCUT2D eigenvalue weighted by molar-refractivity contribution is 4.44. The summed E-state index contributed by atoms with van der Waals surface area (Å²) in [6, 6.07) is 0. The normalized spacial score (nSPS) is 10.0. The molecule has 12 heavy (non-hydrogen) atoms. The van der Waals surface area contributed by atoms with Crippen LogP contribution in [0.5, 0.6) is 0 Å². The topological polar surface area (TPSA) is 69.9 Å². The molecule has 0 aromatic rings. The van der Waals surface area contributed by atoms with E-state index in [0.29, 0.717) is 6.10 Å². The Morgan fingerprint density at radius 1 is 1.17 bits per heavy atom. The second-order valence-corrected chi connectivity index (χ2v) is 2.52. The summed E-state index contributed by atoms with van der Waals surface area (Å²) in [5, 5.41) is 24.0. The first-order valence-corrected chi connectivity index (χ1v) is 4.09. The number of hydrogen-bond acceptors (Lipinski definition) is 4. The molecule has 0 aliphatic rings. The van der Waals surface area contributed by atoms with E-state index in [4.69, 9.17) is 20.1 Å². The second-order valence-electron chi connectivity index (χ2n) is 2.52. The average Bonchev–Trinajstić information content (AvgIpc) is 2.04. The van der Waals surface area contributed by atoms with Gasteiger partial charge in [-0.05, 0) is 20.8 Å². The van der Waals surface area contributed by atoms with Gasteiger partial charge in [-0.3, -0.25) is 0 Å². The van der Waals surface area contributed by atoms with Crippen LogP contribution < -0.4 is 0 Å². The Bertz CT molecular complexity index is 71.5. The van der Waals surface area contributed by atoms with Crippen LogP contribution in [0, 0.1) is 0 Å². The van der Waals surface area contributed by atoms with E-state index in [9.17, 15) is 0 Å². The number of rotatable bonds is 4. The second kappa shape index (κ2) is 10.8. The molecule has 0 radical (unpaired) electrons. The van der Waals surface area contributed by atoms with Crippen LogP contribution in [0.25, 0.3) is 0 Å². The molecule has 3 N–H and O–H groups in total. The lowest BCUT2D eigenvalue weighted by atomic mass is 10.4. The molecule has 0 bridgehead atoms. The van der Waals surface area contributed by atoms with Crippen molar-refractivity contribution in [1.29, 1.82) is 0 Å². The minimum Gasteiger partial charge on any atom is -0.394 e. The van der Waals surface area contributed by atoms with Gasteiger partial charge in [0, 0.05) is 6.61 Å². The molecule has 76 valence electrons. The van der Waals surface area contributed by atoms with E-state index in [1.165, 1.54) is 0 Å². The van der Waals surface area contributed by atoms with Crippen molar-refractivity contribution >= 4 is 0 Å². The predicted molar refractivity (Wildman–Crippen MR) is 46.9 cm³/mol. The van der Waals surface area contributed by atoms with E-state index < -0.39 is 6.10 Å². The number of aliphatic hydroxyl groups excluding tert-OH is 3. The van der Waals surface area contributed by atoms with E-state index >= 15 is 0 Å². The Kier molecular flexibility index (Phi) is 13.0. The van der Waals surface area contributed by atoms with E-state index in [1.807, 2.05) is 20.8 Å². The molecule has 0 aromatic heterocycles. The summed E-state index contributed by atoms with van der Waals surface area (Å²) in [5.41, 5.74) is 0. The minimum absolute atomic E-state index is 0.365. The smallest absolute Gasteiger partial charge is 0.100 e. The van der Waals surface area contributed by atoms with Gasteiger partial charge in [-0.1, -0.05) is 0 Å². The van der Waals surface area contributed by atoms with E-state index in [2.05, 4.69) is 0 Å². The molecule has 0 atom stereocenters. The van der Waals surface area contributed by atoms with Gasteiger partial charge in [-0.25, -0.2) is 0 Å². The van der Waals surface area contributed by atoms with Crippen molar-refractivity contribution in [3.8, 4) is 0 Å². The lowest BCUT2D eigenvalue weighted by Crippen LogP contribution is -2.15. The molecule has 0 saturated heterocycles. The fraction of sp³-hybridized carbons (Fsp3) is 1.00. The number of ether oxygens (including phenoxy) is 1. The fourth-order valence-corrected chi connectivity index (χ4v) is 0.391. The highest BCUT2D eigenvalue weighted by atomic mass is 16.5. The van der Waals surface area contributed by atoms with Crippen LogP contribution >= 0.6 is 0 Å². The molecule has 0 amide bonds. The van der Waals surface area contributed by atoms with Crippen LogP contribution in [0.3, 0.4) is 0 Å². The molecule has 0 aromatic carbocycles. The lowest BCUT2D eigenvalue weighted by Gasteiger charge is -2.00. The summed E-state index contributed by atoms with van der Waals surface area (Å²) in [6.45, 7) is 6.16. The minimum atomic E-state index is -0.954. The van der Waals surface area contributed by atoms with Crippen molar-refractivity contribution in [2.45, 2.75) is 33.0 Å². The van der Waals surface area contributed by atoms with Crippen molar-refractivity contribution in [3.63, 3.8) is 0 Å². The Labute approximate surface area is 73.8 Å². The summed E-state index contributed by atoms with van der Waals surface area (Å²) in [7, 11) is 0. The van der Waals surface area contributed by atoms with Crippen LogP contribution in [0.15, 0.2) is 0 Å². The van der Waals surface area contributed by atoms with Crippen LogP contribution in [0.4, 0.5) is 0 Å². The highest BCUT2D eigenvalue weighted by Crippen LogP contribution is 1.83. The Morgan fingerprint density at radius 2 is 1.58 bits per heavy atom. The summed E-state index contributed by atoms with van der Waals surface area (Å²) in [4.78, 5) is 0.